The second kappa shape index (κ2) is 9.19. The Morgan fingerprint density at radius 1 is 0.943 bits per heavy atom. The molecule has 1 fully saturated rings. The third-order valence-corrected chi connectivity index (χ3v) is 7.48. The van der Waals surface area contributed by atoms with Gasteiger partial charge in [-0.25, -0.2) is 0 Å². The van der Waals surface area contributed by atoms with Gasteiger partial charge in [0.15, 0.2) is 0 Å². The van der Waals surface area contributed by atoms with Crippen LogP contribution in [0.25, 0.3) is 11.1 Å². The summed E-state index contributed by atoms with van der Waals surface area (Å²) in [5.41, 5.74) is 5.41. The lowest BCUT2D eigenvalue weighted by molar-refractivity contribution is 0.0694. The first-order valence-corrected chi connectivity index (χ1v) is 12.1. The predicted molar refractivity (Wildman–Crippen MR) is 137 cm³/mol. The van der Waals surface area contributed by atoms with Gasteiger partial charge >= 0.3 is 0 Å². The first-order chi connectivity index (χ1) is 16.9. The predicted octanol–water partition coefficient (Wildman–Crippen LogP) is 4.07. The molecule has 0 aromatic heterocycles. The molecule has 1 saturated heterocycles. The average Bonchev–Trinajstić information content (AvgIpc) is 3.33. The van der Waals surface area contributed by atoms with E-state index in [1.165, 1.54) is 0 Å². The fourth-order valence-electron chi connectivity index (χ4n) is 5.70. The molecular weight excluding hydrogens is 438 g/mol. The van der Waals surface area contributed by atoms with Crippen LogP contribution in [0.3, 0.4) is 0 Å². The van der Waals surface area contributed by atoms with E-state index in [2.05, 4.69) is 23.1 Å². The van der Waals surface area contributed by atoms with Crippen LogP contribution < -0.4 is 4.90 Å². The molecule has 2 aliphatic heterocycles. The summed E-state index contributed by atoms with van der Waals surface area (Å²) in [5, 5.41) is 10.3. The molecule has 5 rings (SSSR count). The van der Waals surface area contributed by atoms with Gasteiger partial charge in [0.2, 0.25) is 0 Å². The van der Waals surface area contributed by atoms with E-state index in [-0.39, 0.29) is 36.4 Å². The Hall–Kier alpha value is -3.64. The highest BCUT2D eigenvalue weighted by atomic mass is 16.3. The molecule has 0 aliphatic carbocycles. The lowest BCUT2D eigenvalue weighted by atomic mass is 9.81. The Bertz CT molecular complexity index is 1260. The van der Waals surface area contributed by atoms with Crippen molar-refractivity contribution in [2.75, 3.05) is 39.2 Å². The van der Waals surface area contributed by atoms with E-state index in [4.69, 9.17) is 0 Å². The normalized spacial score (nSPS) is 20.9. The van der Waals surface area contributed by atoms with Crippen molar-refractivity contribution in [3.8, 4) is 11.1 Å². The monoisotopic (exact) mass is 469 g/mol. The smallest absolute Gasteiger partial charge is 0.254 e. The maximum Gasteiger partial charge on any atom is 0.254 e. The van der Waals surface area contributed by atoms with Crippen molar-refractivity contribution in [3.05, 3.63) is 89.5 Å². The van der Waals surface area contributed by atoms with E-state index in [1.54, 1.807) is 19.0 Å². The molecule has 0 bridgehead atoms. The Morgan fingerprint density at radius 3 is 2.37 bits per heavy atom. The van der Waals surface area contributed by atoms with Gasteiger partial charge in [-0.2, -0.15) is 0 Å². The lowest BCUT2D eigenvalue weighted by Gasteiger charge is -2.44. The molecule has 3 aromatic rings. The van der Waals surface area contributed by atoms with Crippen LogP contribution in [0.15, 0.2) is 72.8 Å². The van der Waals surface area contributed by atoms with E-state index >= 15 is 0 Å². The highest BCUT2D eigenvalue weighted by Gasteiger charge is 2.47. The van der Waals surface area contributed by atoms with Crippen LogP contribution in [-0.2, 0) is 0 Å². The first-order valence-electron chi connectivity index (χ1n) is 12.1. The second-order valence-electron chi connectivity index (χ2n) is 9.68. The molecule has 0 unspecified atom stereocenters. The molecule has 0 saturated carbocycles. The number of benzene rings is 3. The molecule has 2 heterocycles. The molecule has 6 nitrogen and oxygen atoms in total. The second-order valence-corrected chi connectivity index (χ2v) is 9.68. The number of aliphatic hydroxyl groups excluding tert-OH is 1. The third-order valence-electron chi connectivity index (χ3n) is 7.48. The number of rotatable bonds is 4. The van der Waals surface area contributed by atoms with E-state index in [0.717, 1.165) is 28.8 Å². The number of hydrogen-bond acceptors (Lipinski definition) is 4. The summed E-state index contributed by atoms with van der Waals surface area (Å²) in [6, 6.07) is 23.2. The van der Waals surface area contributed by atoms with Gasteiger partial charge in [-0.05, 0) is 59.5 Å². The maximum absolute atomic E-state index is 13.5. The van der Waals surface area contributed by atoms with Crippen molar-refractivity contribution in [2.45, 2.75) is 18.5 Å². The summed E-state index contributed by atoms with van der Waals surface area (Å²) in [4.78, 5) is 31.8. The molecular formula is C29H31N3O3. The summed E-state index contributed by atoms with van der Waals surface area (Å²) in [7, 11) is 5.52. The quantitative estimate of drug-likeness (QED) is 0.626. The van der Waals surface area contributed by atoms with Crippen LogP contribution in [-0.4, -0.2) is 67.1 Å². The van der Waals surface area contributed by atoms with Crippen LogP contribution in [0.4, 0.5) is 5.69 Å². The van der Waals surface area contributed by atoms with Crippen molar-refractivity contribution in [1.29, 1.82) is 0 Å². The van der Waals surface area contributed by atoms with Gasteiger partial charge in [0, 0.05) is 50.4 Å². The largest absolute Gasteiger partial charge is 0.394 e. The standard InChI is InChI=1S/C29H31N3O3/c1-30(2)28(34)22-11-7-10-20(16-22)21-12-13-25-24(17-21)27-23(26(18-33)31(25)3)14-15-32(27)29(35)19-8-5-4-6-9-19/h4-13,16-17,23,26-27,33H,14-15,18H2,1-3H3/t23-,26+,27-/m1/s1. The zero-order chi connectivity index (χ0) is 24.7. The highest BCUT2D eigenvalue weighted by molar-refractivity contribution is 5.96. The van der Waals surface area contributed by atoms with Crippen molar-refractivity contribution in [2.24, 2.45) is 5.92 Å². The molecule has 6 heteroatoms. The summed E-state index contributed by atoms with van der Waals surface area (Å²) >= 11 is 0. The van der Waals surface area contributed by atoms with Crippen LogP contribution >= 0.6 is 0 Å². The molecule has 1 N–H and O–H groups in total. The lowest BCUT2D eigenvalue weighted by Crippen LogP contribution is -2.48. The minimum absolute atomic E-state index is 0.0225. The van der Waals surface area contributed by atoms with Gasteiger partial charge in [-0.15, -0.1) is 0 Å². The Kier molecular flexibility index (Phi) is 6.07. The fourth-order valence-corrected chi connectivity index (χ4v) is 5.70. The number of likely N-dealkylation sites (tertiary alicyclic amines) is 1. The van der Waals surface area contributed by atoms with Gasteiger partial charge in [0.05, 0.1) is 18.7 Å². The zero-order valence-corrected chi connectivity index (χ0v) is 20.4. The topological polar surface area (TPSA) is 64.1 Å². The molecule has 3 atom stereocenters. The zero-order valence-electron chi connectivity index (χ0n) is 20.4. The van der Waals surface area contributed by atoms with Crippen LogP contribution in [0.5, 0.6) is 0 Å². The number of likely N-dealkylation sites (N-methyl/N-ethyl adjacent to an activating group) is 1. The van der Waals surface area contributed by atoms with Gasteiger partial charge in [-0.1, -0.05) is 36.4 Å². The summed E-state index contributed by atoms with van der Waals surface area (Å²) in [5.74, 6) is 0.127. The van der Waals surface area contributed by atoms with Crippen molar-refractivity contribution >= 4 is 17.5 Å². The number of carbonyl (C=O) groups excluding carboxylic acids is 2. The molecule has 180 valence electrons. The van der Waals surface area contributed by atoms with Crippen molar-refractivity contribution in [1.82, 2.24) is 9.80 Å². The average molecular weight is 470 g/mol. The molecule has 0 radical (unpaired) electrons. The van der Waals surface area contributed by atoms with Gasteiger partial charge in [0.1, 0.15) is 0 Å². The van der Waals surface area contributed by atoms with E-state index in [0.29, 0.717) is 17.7 Å². The Balaban J connectivity index is 1.59. The molecule has 0 spiro atoms. The van der Waals surface area contributed by atoms with Crippen molar-refractivity contribution in [3.63, 3.8) is 0 Å². The maximum atomic E-state index is 13.5. The number of anilines is 1. The number of nitrogens with zero attached hydrogens (tertiary/aromatic N) is 3. The van der Waals surface area contributed by atoms with E-state index in [9.17, 15) is 14.7 Å². The number of aliphatic hydroxyl groups is 1. The molecule has 35 heavy (non-hydrogen) atoms. The number of carbonyl (C=O) groups is 2. The number of amides is 2. The van der Waals surface area contributed by atoms with Crippen LogP contribution in [0, 0.1) is 5.92 Å². The number of hydrogen-bond donors (Lipinski definition) is 1. The molecule has 2 aliphatic rings. The minimum Gasteiger partial charge on any atom is -0.394 e. The molecule has 3 aromatic carbocycles. The van der Waals surface area contributed by atoms with Gasteiger partial charge in [-0.3, -0.25) is 9.59 Å². The number of fused-ring (bicyclic) bond motifs is 3. The fraction of sp³-hybridized carbons (Fsp3) is 0.310. The third kappa shape index (κ3) is 3.98. The Morgan fingerprint density at radius 2 is 1.66 bits per heavy atom. The minimum atomic E-state index is -0.113. The summed E-state index contributed by atoms with van der Waals surface area (Å²) in [6.45, 7) is 0.699. The van der Waals surface area contributed by atoms with Gasteiger partial charge in [0.25, 0.3) is 11.8 Å². The summed E-state index contributed by atoms with van der Waals surface area (Å²) in [6.07, 6.45) is 0.843. The van der Waals surface area contributed by atoms with Crippen molar-refractivity contribution < 1.29 is 14.7 Å². The van der Waals surface area contributed by atoms with Crippen LogP contribution in [0.1, 0.15) is 38.7 Å². The molecule has 2 amide bonds. The van der Waals surface area contributed by atoms with E-state index < -0.39 is 0 Å². The van der Waals surface area contributed by atoms with Crippen LogP contribution in [0.2, 0.25) is 0 Å². The Labute approximate surface area is 206 Å². The SMILES string of the molecule is CN(C)C(=O)c1cccc(-c2ccc3c(c2)[C@H]2[C@H](CCN2C(=O)c2ccccc2)[C@H](CO)N3C)c1. The summed E-state index contributed by atoms with van der Waals surface area (Å²) < 4.78 is 0. The van der Waals surface area contributed by atoms with Gasteiger partial charge < -0.3 is 19.8 Å². The first kappa shape index (κ1) is 23.1. The van der Waals surface area contributed by atoms with E-state index in [1.807, 2.05) is 66.5 Å². The highest BCUT2D eigenvalue weighted by Crippen LogP contribution is 2.49.